The van der Waals surface area contributed by atoms with Gasteiger partial charge in [-0.2, -0.15) is 0 Å². The Hall–Kier alpha value is -2.07. The van der Waals surface area contributed by atoms with Crippen molar-refractivity contribution in [3.63, 3.8) is 0 Å². The van der Waals surface area contributed by atoms with Gasteiger partial charge in [-0.25, -0.2) is 9.78 Å². The van der Waals surface area contributed by atoms with Crippen LogP contribution in [0.2, 0.25) is 0 Å². The summed E-state index contributed by atoms with van der Waals surface area (Å²) in [5.74, 6) is -0.389. The van der Waals surface area contributed by atoms with E-state index in [9.17, 15) is 4.79 Å². The zero-order valence-electron chi connectivity index (χ0n) is 11.2. The van der Waals surface area contributed by atoms with Gasteiger partial charge in [-0.1, -0.05) is 43.0 Å². The third-order valence-electron chi connectivity index (χ3n) is 2.91. The van der Waals surface area contributed by atoms with E-state index in [1.165, 1.54) is 6.20 Å². The van der Waals surface area contributed by atoms with Gasteiger partial charge in [0.2, 0.25) is 0 Å². The summed E-state index contributed by atoms with van der Waals surface area (Å²) in [6, 6.07) is 9.96. The van der Waals surface area contributed by atoms with Crippen molar-refractivity contribution in [3.8, 4) is 0 Å². The first-order valence-corrected chi connectivity index (χ1v) is 6.09. The predicted molar refractivity (Wildman–Crippen MR) is 80.2 cm³/mol. The molecular formula is C15H17ClN2O2. The first kappa shape index (κ1) is 16.0. The van der Waals surface area contributed by atoms with Gasteiger partial charge in [-0.3, -0.25) is 0 Å². The molecule has 0 aliphatic carbocycles. The van der Waals surface area contributed by atoms with Crippen LogP contribution in [0.5, 0.6) is 0 Å². The van der Waals surface area contributed by atoms with Crippen LogP contribution in [0.25, 0.3) is 0 Å². The molecule has 1 unspecified atom stereocenters. The summed E-state index contributed by atoms with van der Waals surface area (Å²) < 4.78 is 6.85. The third kappa shape index (κ3) is 3.48. The fourth-order valence-electron chi connectivity index (χ4n) is 1.87. The van der Waals surface area contributed by atoms with Crippen molar-refractivity contribution in [1.82, 2.24) is 9.55 Å². The van der Waals surface area contributed by atoms with Crippen LogP contribution in [0.1, 0.15) is 29.0 Å². The first-order valence-electron chi connectivity index (χ1n) is 6.09. The second-order valence-corrected chi connectivity index (χ2v) is 4.16. The summed E-state index contributed by atoms with van der Waals surface area (Å²) in [7, 11) is 0. The molecule has 0 bridgehead atoms. The van der Waals surface area contributed by atoms with Crippen LogP contribution in [0.4, 0.5) is 0 Å². The van der Waals surface area contributed by atoms with Gasteiger partial charge in [0, 0.05) is 0 Å². The topological polar surface area (TPSA) is 44.1 Å². The van der Waals surface area contributed by atoms with Crippen LogP contribution in [-0.4, -0.2) is 22.1 Å². The quantitative estimate of drug-likeness (QED) is 0.627. The molecule has 2 rings (SSSR count). The summed E-state index contributed by atoms with van der Waals surface area (Å²) >= 11 is 0. The van der Waals surface area contributed by atoms with Gasteiger partial charge in [0.1, 0.15) is 12.3 Å². The summed E-state index contributed by atoms with van der Waals surface area (Å²) in [6.45, 7) is 5.73. The molecular weight excluding hydrogens is 276 g/mol. The van der Waals surface area contributed by atoms with Crippen LogP contribution in [0.3, 0.4) is 0 Å². The van der Waals surface area contributed by atoms with Crippen molar-refractivity contribution in [1.29, 1.82) is 0 Å². The molecule has 0 aliphatic heterocycles. The standard InChI is InChI=1S/C15H16N2O2.ClH/c1-3-9-19-15(18)14-10-16-11-17(14)12(2)13-7-5-4-6-8-13;/h3-8,10-12H,1,9H2,2H3;1H. The largest absolute Gasteiger partial charge is 0.457 e. The number of carbonyl (C=O) groups is 1. The van der Waals surface area contributed by atoms with E-state index < -0.39 is 0 Å². The number of ether oxygens (including phenoxy) is 1. The SMILES string of the molecule is C=CCOC(=O)c1cncn1C(C)c1ccccc1.Cl. The highest BCUT2D eigenvalue weighted by Crippen LogP contribution is 2.19. The molecule has 20 heavy (non-hydrogen) atoms. The number of aromatic nitrogens is 2. The molecule has 0 amide bonds. The van der Waals surface area contributed by atoms with Crippen molar-refractivity contribution in [2.24, 2.45) is 0 Å². The molecule has 5 heteroatoms. The number of rotatable bonds is 5. The van der Waals surface area contributed by atoms with Crippen molar-refractivity contribution in [2.75, 3.05) is 6.61 Å². The van der Waals surface area contributed by atoms with Crippen molar-refractivity contribution < 1.29 is 9.53 Å². The minimum absolute atomic E-state index is 0. The molecule has 2 aromatic rings. The maximum Gasteiger partial charge on any atom is 0.356 e. The Morgan fingerprint density at radius 2 is 2.15 bits per heavy atom. The lowest BCUT2D eigenvalue weighted by Crippen LogP contribution is -2.15. The van der Waals surface area contributed by atoms with Gasteiger partial charge in [0.25, 0.3) is 0 Å². The highest BCUT2D eigenvalue weighted by Gasteiger charge is 2.17. The summed E-state index contributed by atoms with van der Waals surface area (Å²) in [5, 5.41) is 0. The number of imidazole rings is 1. The van der Waals surface area contributed by atoms with Crippen LogP contribution in [0, 0.1) is 0 Å². The predicted octanol–water partition coefficient (Wildman–Crippen LogP) is 3.26. The van der Waals surface area contributed by atoms with E-state index >= 15 is 0 Å². The fourth-order valence-corrected chi connectivity index (χ4v) is 1.87. The lowest BCUT2D eigenvalue weighted by atomic mass is 10.1. The minimum atomic E-state index is -0.389. The van der Waals surface area contributed by atoms with Gasteiger partial charge in [0.15, 0.2) is 0 Å². The second kappa shape index (κ2) is 7.50. The van der Waals surface area contributed by atoms with E-state index in [-0.39, 0.29) is 31.0 Å². The van der Waals surface area contributed by atoms with Gasteiger partial charge in [-0.05, 0) is 12.5 Å². The zero-order chi connectivity index (χ0) is 13.7. The number of esters is 1. The van der Waals surface area contributed by atoms with Gasteiger partial charge >= 0.3 is 5.97 Å². The van der Waals surface area contributed by atoms with Crippen LogP contribution < -0.4 is 0 Å². The van der Waals surface area contributed by atoms with Crippen LogP contribution in [-0.2, 0) is 4.74 Å². The first-order chi connectivity index (χ1) is 9.24. The molecule has 1 heterocycles. The lowest BCUT2D eigenvalue weighted by molar-refractivity contribution is 0.0536. The molecule has 0 saturated carbocycles. The number of halogens is 1. The molecule has 0 saturated heterocycles. The van der Waals surface area contributed by atoms with E-state index in [1.54, 1.807) is 17.0 Å². The van der Waals surface area contributed by atoms with Gasteiger partial charge in [0.05, 0.1) is 18.6 Å². The Bertz CT molecular complexity index is 566. The Balaban J connectivity index is 0.00000200. The molecule has 0 fully saturated rings. The average molecular weight is 293 g/mol. The summed E-state index contributed by atoms with van der Waals surface area (Å²) in [4.78, 5) is 15.9. The number of hydrogen-bond acceptors (Lipinski definition) is 3. The van der Waals surface area contributed by atoms with Crippen molar-refractivity contribution >= 4 is 18.4 Å². The molecule has 0 radical (unpaired) electrons. The highest BCUT2D eigenvalue weighted by molar-refractivity contribution is 5.87. The van der Waals surface area contributed by atoms with Crippen LogP contribution in [0.15, 0.2) is 55.5 Å². The summed E-state index contributed by atoms with van der Waals surface area (Å²) in [5.41, 5.74) is 1.55. The van der Waals surface area contributed by atoms with E-state index in [0.29, 0.717) is 5.69 Å². The second-order valence-electron chi connectivity index (χ2n) is 4.16. The Labute approximate surface area is 124 Å². The Morgan fingerprint density at radius 3 is 2.80 bits per heavy atom. The molecule has 1 aromatic heterocycles. The maximum absolute atomic E-state index is 11.9. The van der Waals surface area contributed by atoms with Crippen molar-refractivity contribution in [2.45, 2.75) is 13.0 Å². The molecule has 1 atom stereocenters. The van der Waals surface area contributed by atoms with E-state index in [0.717, 1.165) is 5.56 Å². The Morgan fingerprint density at radius 1 is 1.45 bits per heavy atom. The van der Waals surface area contributed by atoms with Crippen LogP contribution >= 0.6 is 12.4 Å². The monoisotopic (exact) mass is 292 g/mol. The number of hydrogen-bond donors (Lipinski definition) is 0. The molecule has 0 aliphatic rings. The highest BCUT2D eigenvalue weighted by atomic mass is 35.5. The summed E-state index contributed by atoms with van der Waals surface area (Å²) in [6.07, 6.45) is 4.70. The molecule has 0 spiro atoms. The van der Waals surface area contributed by atoms with Gasteiger partial charge in [-0.15, -0.1) is 12.4 Å². The molecule has 0 N–H and O–H groups in total. The minimum Gasteiger partial charge on any atom is -0.457 e. The number of nitrogens with zero attached hydrogens (tertiary/aromatic N) is 2. The fraction of sp³-hybridized carbons (Fsp3) is 0.200. The molecule has 4 nitrogen and oxygen atoms in total. The lowest BCUT2D eigenvalue weighted by Gasteiger charge is -2.16. The smallest absolute Gasteiger partial charge is 0.356 e. The zero-order valence-corrected chi connectivity index (χ0v) is 12.0. The third-order valence-corrected chi connectivity index (χ3v) is 2.91. The normalized spacial score (nSPS) is 11.2. The van der Waals surface area contributed by atoms with E-state index in [4.69, 9.17) is 4.74 Å². The maximum atomic E-state index is 11.9. The molecule has 1 aromatic carbocycles. The molecule has 106 valence electrons. The average Bonchev–Trinajstić information content (AvgIpc) is 2.94. The number of benzene rings is 1. The Kier molecular flexibility index (Phi) is 6.00. The number of carbonyl (C=O) groups excluding carboxylic acids is 1. The van der Waals surface area contributed by atoms with Gasteiger partial charge < -0.3 is 9.30 Å². The van der Waals surface area contributed by atoms with Crippen molar-refractivity contribution in [3.05, 3.63) is 66.8 Å². The van der Waals surface area contributed by atoms with E-state index in [2.05, 4.69) is 11.6 Å². The van der Waals surface area contributed by atoms with E-state index in [1.807, 2.05) is 37.3 Å².